The van der Waals surface area contributed by atoms with E-state index in [1.54, 1.807) is 48.5 Å². The minimum Gasteiger partial charge on any atom is -0.438 e. The Morgan fingerprint density at radius 1 is 1.09 bits per heavy atom. The van der Waals surface area contributed by atoms with Gasteiger partial charge in [0.1, 0.15) is 27.9 Å². The Morgan fingerprint density at radius 3 is 2.53 bits per heavy atom. The summed E-state index contributed by atoms with van der Waals surface area (Å²) >= 11 is 3.26. The van der Waals surface area contributed by atoms with Gasteiger partial charge in [-0.2, -0.15) is 10.2 Å². The number of hydrogen-bond acceptors (Lipinski definition) is 6. The molecule has 2 aromatic carbocycles. The van der Waals surface area contributed by atoms with Crippen molar-refractivity contribution in [2.75, 3.05) is 0 Å². The first-order valence-corrected chi connectivity index (χ1v) is 12.4. The second-order valence-electron chi connectivity index (χ2n) is 7.44. The maximum Gasteiger partial charge on any atom is 0.269 e. The average Bonchev–Trinajstić information content (AvgIpc) is 2.82. The number of hydrogen-bond donors (Lipinski definition) is 0. The first-order valence-electron chi connectivity index (χ1n) is 10.1. The van der Waals surface area contributed by atoms with Crippen molar-refractivity contribution in [1.29, 1.82) is 5.26 Å². The van der Waals surface area contributed by atoms with Gasteiger partial charge in [-0.1, -0.05) is 34.1 Å². The third kappa shape index (κ3) is 4.38. The van der Waals surface area contributed by atoms with Crippen molar-refractivity contribution >= 4 is 37.5 Å². The molecule has 0 radical (unpaired) electrons. The third-order valence-electron chi connectivity index (χ3n) is 5.29. The summed E-state index contributed by atoms with van der Waals surface area (Å²) in [5, 5.41) is 9.73. The summed E-state index contributed by atoms with van der Waals surface area (Å²) in [6.07, 6.45) is 2.53. The SMILES string of the molecule is Cc1cccc(Oc2nc3ccccn3c(=O)c2C=C(C#N)S(=O)(=O)c2ccc(Br)cc2)c1C. The molecule has 0 saturated carbocycles. The van der Waals surface area contributed by atoms with E-state index in [-0.39, 0.29) is 16.3 Å². The molecule has 0 amide bonds. The average molecular weight is 536 g/mol. The van der Waals surface area contributed by atoms with Crippen LogP contribution in [-0.4, -0.2) is 17.8 Å². The quantitative estimate of drug-likeness (QED) is 0.325. The fraction of sp³-hybridized carbons (Fsp3) is 0.0800. The van der Waals surface area contributed by atoms with E-state index in [1.807, 2.05) is 19.9 Å². The fourth-order valence-electron chi connectivity index (χ4n) is 3.26. The molecule has 0 bridgehead atoms. The number of aromatic nitrogens is 2. The number of halogens is 1. The van der Waals surface area contributed by atoms with E-state index in [0.29, 0.717) is 15.9 Å². The molecule has 0 atom stereocenters. The molecule has 34 heavy (non-hydrogen) atoms. The predicted octanol–water partition coefficient (Wildman–Crippen LogP) is 5.20. The van der Waals surface area contributed by atoms with Crippen molar-refractivity contribution in [3.8, 4) is 17.7 Å². The van der Waals surface area contributed by atoms with Gasteiger partial charge < -0.3 is 4.74 Å². The lowest BCUT2D eigenvalue weighted by atomic mass is 10.1. The van der Waals surface area contributed by atoms with Crippen molar-refractivity contribution in [3.63, 3.8) is 0 Å². The number of pyridine rings is 1. The van der Waals surface area contributed by atoms with Crippen molar-refractivity contribution in [2.45, 2.75) is 18.7 Å². The Balaban J connectivity index is 1.95. The van der Waals surface area contributed by atoms with Gasteiger partial charge in [-0.05, 0) is 73.5 Å². The van der Waals surface area contributed by atoms with Gasteiger partial charge >= 0.3 is 0 Å². The highest BCUT2D eigenvalue weighted by Crippen LogP contribution is 2.30. The number of sulfone groups is 1. The Bertz CT molecular complexity index is 1650. The smallest absolute Gasteiger partial charge is 0.269 e. The lowest BCUT2D eigenvalue weighted by Gasteiger charge is -2.13. The summed E-state index contributed by atoms with van der Waals surface area (Å²) < 4.78 is 34.3. The maximum atomic E-state index is 13.3. The van der Waals surface area contributed by atoms with Crippen LogP contribution in [-0.2, 0) is 9.84 Å². The summed E-state index contributed by atoms with van der Waals surface area (Å²) in [7, 11) is -4.19. The molecule has 4 rings (SSSR count). The third-order valence-corrected chi connectivity index (χ3v) is 7.50. The molecular formula is C25H18BrN3O4S. The van der Waals surface area contributed by atoms with Crippen LogP contribution in [0.3, 0.4) is 0 Å². The van der Waals surface area contributed by atoms with Crippen LogP contribution in [0.1, 0.15) is 16.7 Å². The molecule has 0 aliphatic carbocycles. The van der Waals surface area contributed by atoms with Gasteiger partial charge in [-0.3, -0.25) is 9.20 Å². The van der Waals surface area contributed by atoms with E-state index in [0.717, 1.165) is 17.2 Å². The molecule has 2 heterocycles. The first-order chi connectivity index (χ1) is 16.2. The minimum absolute atomic E-state index is 0.0747. The molecule has 0 aliphatic rings. The van der Waals surface area contributed by atoms with Crippen LogP contribution in [0.25, 0.3) is 11.7 Å². The number of allylic oxidation sites excluding steroid dienone is 1. The summed E-state index contributed by atoms with van der Waals surface area (Å²) in [6.45, 7) is 3.79. The Kier molecular flexibility index (Phi) is 6.37. The number of rotatable bonds is 5. The largest absolute Gasteiger partial charge is 0.438 e. The number of aryl methyl sites for hydroxylation is 1. The summed E-state index contributed by atoms with van der Waals surface area (Å²) in [6, 6.07) is 18.1. The summed E-state index contributed by atoms with van der Waals surface area (Å²) in [4.78, 5) is 17.1. The Labute approximate surface area is 204 Å². The van der Waals surface area contributed by atoms with Crippen LogP contribution in [0.2, 0.25) is 0 Å². The van der Waals surface area contributed by atoms with E-state index in [2.05, 4.69) is 20.9 Å². The highest BCUT2D eigenvalue weighted by atomic mass is 79.9. The molecule has 7 nitrogen and oxygen atoms in total. The van der Waals surface area contributed by atoms with Crippen LogP contribution in [0.4, 0.5) is 0 Å². The summed E-state index contributed by atoms with van der Waals surface area (Å²) in [5.74, 6) is 0.375. The standard InChI is InChI=1S/C25H18BrN3O4S/c1-16-6-5-7-22(17(16)2)33-24-21(25(30)29-13-4-3-8-23(29)28-24)14-20(15-27)34(31,32)19-11-9-18(26)10-12-19/h3-14H,1-2H3. The first kappa shape index (κ1) is 23.4. The number of nitriles is 1. The van der Waals surface area contributed by atoms with Gasteiger partial charge in [0, 0.05) is 10.7 Å². The molecule has 0 spiro atoms. The predicted molar refractivity (Wildman–Crippen MR) is 132 cm³/mol. The molecule has 9 heteroatoms. The molecule has 170 valence electrons. The highest BCUT2D eigenvalue weighted by molar-refractivity contribution is 9.10. The zero-order valence-corrected chi connectivity index (χ0v) is 20.6. The van der Waals surface area contributed by atoms with E-state index < -0.39 is 20.3 Å². The molecule has 0 aliphatic heterocycles. The van der Waals surface area contributed by atoms with Gasteiger partial charge in [0.25, 0.3) is 5.56 Å². The molecule has 4 aromatic rings. The normalized spacial score (nSPS) is 11.9. The van der Waals surface area contributed by atoms with Crippen LogP contribution < -0.4 is 10.3 Å². The number of fused-ring (bicyclic) bond motifs is 1. The van der Waals surface area contributed by atoms with E-state index in [9.17, 15) is 18.5 Å². The fourth-order valence-corrected chi connectivity index (χ4v) is 4.67. The van der Waals surface area contributed by atoms with Gasteiger partial charge in [-0.15, -0.1) is 0 Å². The topological polar surface area (TPSA) is 102 Å². The van der Waals surface area contributed by atoms with Gasteiger partial charge in [0.15, 0.2) is 0 Å². The monoisotopic (exact) mass is 535 g/mol. The van der Waals surface area contributed by atoms with Gasteiger partial charge in [-0.25, -0.2) is 8.42 Å². The molecule has 0 N–H and O–H groups in total. The maximum absolute atomic E-state index is 13.3. The highest BCUT2D eigenvalue weighted by Gasteiger charge is 2.24. The van der Waals surface area contributed by atoms with Crippen LogP contribution >= 0.6 is 15.9 Å². The molecular weight excluding hydrogens is 518 g/mol. The zero-order chi connectivity index (χ0) is 24.5. The van der Waals surface area contributed by atoms with Crippen molar-refractivity contribution in [2.24, 2.45) is 0 Å². The molecule has 0 saturated heterocycles. The Morgan fingerprint density at radius 2 is 1.82 bits per heavy atom. The lowest BCUT2D eigenvalue weighted by Crippen LogP contribution is -2.19. The number of ether oxygens (including phenoxy) is 1. The molecule has 2 aromatic heterocycles. The van der Waals surface area contributed by atoms with Crippen LogP contribution in [0, 0.1) is 25.2 Å². The van der Waals surface area contributed by atoms with Gasteiger partial charge in [0.2, 0.25) is 15.7 Å². The van der Waals surface area contributed by atoms with Crippen LogP contribution in [0.15, 0.2) is 85.9 Å². The van der Waals surface area contributed by atoms with E-state index >= 15 is 0 Å². The molecule has 0 fully saturated rings. The minimum atomic E-state index is -4.19. The number of nitrogens with zero attached hydrogens (tertiary/aromatic N) is 3. The summed E-state index contributed by atoms with van der Waals surface area (Å²) in [5.41, 5.74) is 1.42. The van der Waals surface area contributed by atoms with Crippen LogP contribution in [0.5, 0.6) is 11.6 Å². The lowest BCUT2D eigenvalue weighted by molar-refractivity contribution is 0.457. The van der Waals surface area contributed by atoms with E-state index in [1.165, 1.54) is 22.7 Å². The van der Waals surface area contributed by atoms with E-state index in [4.69, 9.17) is 4.74 Å². The zero-order valence-electron chi connectivity index (χ0n) is 18.2. The van der Waals surface area contributed by atoms with Crippen molar-refractivity contribution in [3.05, 3.63) is 103 Å². The molecule has 0 unspecified atom stereocenters. The second-order valence-corrected chi connectivity index (χ2v) is 10.3. The Hall–Kier alpha value is -3.74. The van der Waals surface area contributed by atoms with Gasteiger partial charge in [0.05, 0.1) is 4.90 Å². The van der Waals surface area contributed by atoms with Crippen molar-refractivity contribution < 1.29 is 13.2 Å². The number of benzene rings is 2. The van der Waals surface area contributed by atoms with Crippen molar-refractivity contribution in [1.82, 2.24) is 9.38 Å². The second kappa shape index (κ2) is 9.25.